The van der Waals surface area contributed by atoms with Crippen LogP contribution in [-0.2, 0) is 25.7 Å². The number of nitrogens with zero attached hydrogens (tertiary/aromatic N) is 5. The molecule has 2 fully saturated rings. The first-order chi connectivity index (χ1) is 22.0. The molecule has 8 nitrogen and oxygen atoms in total. The topological polar surface area (TPSA) is 76.9 Å². The number of rotatable bonds is 11. The number of β-amino-alcohol motifs (C(OH)–C–C–N with tert-alkyl or cyclic N) is 1. The van der Waals surface area contributed by atoms with Gasteiger partial charge in [-0.3, -0.25) is 4.68 Å². The quantitative estimate of drug-likeness (QED) is 0.233. The second-order valence-corrected chi connectivity index (χ2v) is 14.1. The van der Waals surface area contributed by atoms with Crippen molar-refractivity contribution in [3.05, 3.63) is 35.0 Å². The van der Waals surface area contributed by atoms with Gasteiger partial charge in [-0.2, -0.15) is 18.3 Å². The molecule has 1 aromatic heterocycles. The lowest BCUT2D eigenvalue weighted by molar-refractivity contribution is -0.139. The maximum Gasteiger partial charge on any atom is 0.417 e. The van der Waals surface area contributed by atoms with Gasteiger partial charge in [-0.1, -0.05) is 19.4 Å². The molecule has 3 aliphatic heterocycles. The number of benzene rings is 1. The van der Waals surface area contributed by atoms with Crippen LogP contribution >= 0.6 is 11.8 Å². The van der Waals surface area contributed by atoms with Crippen LogP contribution in [0.4, 0.5) is 22.4 Å². The fraction of sp³-hybridized carbons (Fsp3) is 0.697. The summed E-state index contributed by atoms with van der Waals surface area (Å²) in [7, 11) is 0. The van der Waals surface area contributed by atoms with Gasteiger partial charge in [0.15, 0.2) is 0 Å². The summed E-state index contributed by atoms with van der Waals surface area (Å²) >= 11 is 1.16. The number of amides is 2. The minimum absolute atomic E-state index is 0.0128. The number of carbonyl (C=O) groups excluding carboxylic acids is 1. The third kappa shape index (κ3) is 8.96. The van der Waals surface area contributed by atoms with Crippen LogP contribution in [0.25, 0.3) is 11.3 Å². The van der Waals surface area contributed by atoms with Crippen LogP contribution in [0.5, 0.6) is 0 Å². The van der Waals surface area contributed by atoms with Crippen molar-refractivity contribution in [3.63, 3.8) is 0 Å². The number of alkyl halides is 4. The zero-order chi connectivity index (χ0) is 32.8. The van der Waals surface area contributed by atoms with E-state index in [-0.39, 0.29) is 30.1 Å². The minimum atomic E-state index is -4.52. The first-order valence-electron chi connectivity index (χ1n) is 16.8. The predicted octanol–water partition coefficient (Wildman–Crippen LogP) is 5.81. The van der Waals surface area contributed by atoms with E-state index in [4.69, 9.17) is 5.10 Å². The molecule has 46 heavy (non-hydrogen) atoms. The van der Waals surface area contributed by atoms with E-state index in [1.54, 1.807) is 11.0 Å². The van der Waals surface area contributed by atoms with Crippen molar-refractivity contribution >= 4 is 17.8 Å². The molecule has 0 radical (unpaired) electrons. The normalized spacial score (nSPS) is 20.0. The number of hydrogen-bond donors (Lipinski definition) is 2. The van der Waals surface area contributed by atoms with Crippen molar-refractivity contribution < 1.29 is 27.5 Å². The number of piperidine rings is 2. The molecular formula is C33H48F4N6O2S. The summed E-state index contributed by atoms with van der Waals surface area (Å²) in [5.74, 6) is 0.447. The van der Waals surface area contributed by atoms with E-state index >= 15 is 0 Å². The zero-order valence-corrected chi connectivity index (χ0v) is 27.8. The Labute approximate surface area is 273 Å². The van der Waals surface area contributed by atoms with Gasteiger partial charge in [-0.25, -0.2) is 9.18 Å². The molecule has 0 aliphatic carbocycles. The Morgan fingerprint density at radius 3 is 2.52 bits per heavy atom. The number of aromatic nitrogens is 2. The van der Waals surface area contributed by atoms with Crippen molar-refractivity contribution in [3.8, 4) is 11.3 Å². The van der Waals surface area contributed by atoms with Gasteiger partial charge in [0.1, 0.15) is 6.17 Å². The van der Waals surface area contributed by atoms with E-state index in [0.717, 1.165) is 61.4 Å². The van der Waals surface area contributed by atoms with Crippen LogP contribution in [0, 0.1) is 0 Å². The molecule has 1 aromatic carbocycles. The SMILES string of the molecule is CCC(C)NC(=O)N1CCc2c(c(-c3ccc(C(F)(F)F)c(SCCN4CCC(F)CC4)c3)nn2C[C@H](O)CN2CCCCC2)C1. The molecule has 256 valence electrons. The van der Waals surface area contributed by atoms with Crippen LogP contribution in [0.1, 0.15) is 69.2 Å². The second kappa shape index (κ2) is 15.7. The molecule has 2 N–H and O–H groups in total. The van der Waals surface area contributed by atoms with Crippen molar-refractivity contribution in [1.29, 1.82) is 0 Å². The van der Waals surface area contributed by atoms with E-state index in [9.17, 15) is 27.5 Å². The molecule has 2 saturated heterocycles. The van der Waals surface area contributed by atoms with E-state index in [1.165, 1.54) is 12.5 Å². The highest BCUT2D eigenvalue weighted by Gasteiger charge is 2.35. The minimum Gasteiger partial charge on any atom is -0.390 e. The Bertz CT molecular complexity index is 1310. The number of urea groups is 1. The van der Waals surface area contributed by atoms with Crippen LogP contribution < -0.4 is 5.32 Å². The number of thioether (sulfide) groups is 1. The maximum atomic E-state index is 14.1. The average molecular weight is 669 g/mol. The van der Waals surface area contributed by atoms with Gasteiger partial charge >= 0.3 is 12.2 Å². The molecule has 3 aliphatic rings. The van der Waals surface area contributed by atoms with Crippen LogP contribution in [-0.4, -0.2) is 106 Å². The molecule has 4 heterocycles. The van der Waals surface area contributed by atoms with Gasteiger partial charge < -0.3 is 25.1 Å². The number of likely N-dealkylation sites (tertiary alicyclic amines) is 2. The third-order valence-electron chi connectivity index (χ3n) is 9.45. The number of nitrogens with one attached hydrogen (secondary N) is 1. The average Bonchev–Trinajstić information content (AvgIpc) is 3.39. The number of aliphatic hydroxyl groups excluding tert-OH is 1. The number of carbonyl (C=O) groups is 1. The van der Waals surface area contributed by atoms with E-state index < -0.39 is 24.0 Å². The zero-order valence-electron chi connectivity index (χ0n) is 27.0. The highest BCUT2D eigenvalue weighted by atomic mass is 32.2. The Morgan fingerprint density at radius 2 is 1.83 bits per heavy atom. The first kappa shape index (κ1) is 35.0. The Kier molecular flexibility index (Phi) is 11.9. The molecule has 5 rings (SSSR count). The van der Waals surface area contributed by atoms with Crippen LogP contribution in [0.15, 0.2) is 23.1 Å². The summed E-state index contributed by atoms with van der Waals surface area (Å²) in [5.41, 5.74) is 2.12. The number of halogens is 4. The van der Waals surface area contributed by atoms with E-state index in [1.807, 2.05) is 18.5 Å². The number of fused-ring (bicyclic) bond motifs is 1. The standard InChI is InChI=1S/C33H48F4N6O2S/c1-3-23(2)38-32(45)42-16-11-29-27(22-42)31(39-43(29)21-26(44)20-41-12-5-4-6-13-41)24-7-8-28(33(35,36)37)30(19-24)46-18-17-40-14-9-25(34)10-15-40/h7-8,19,23,25-26,44H,3-6,9-18,20-22H2,1-2H3,(H,38,45)/t23?,26-/m1/s1. The third-order valence-corrected chi connectivity index (χ3v) is 10.5. The van der Waals surface area contributed by atoms with Gasteiger partial charge in [-0.15, -0.1) is 11.8 Å². The molecule has 2 aromatic rings. The fourth-order valence-electron chi connectivity index (χ4n) is 6.58. The van der Waals surface area contributed by atoms with Crippen molar-refractivity contribution in [2.45, 2.75) is 101 Å². The molecular weight excluding hydrogens is 620 g/mol. The van der Waals surface area contributed by atoms with Crippen molar-refractivity contribution in [2.75, 3.05) is 51.6 Å². The molecule has 2 amide bonds. The van der Waals surface area contributed by atoms with Crippen LogP contribution in [0.2, 0.25) is 0 Å². The molecule has 2 atom stereocenters. The highest BCUT2D eigenvalue weighted by molar-refractivity contribution is 7.99. The summed E-state index contributed by atoms with van der Waals surface area (Å²) in [5, 5.41) is 19.0. The molecule has 0 spiro atoms. The number of hydrogen-bond acceptors (Lipinski definition) is 6. The smallest absolute Gasteiger partial charge is 0.390 e. The van der Waals surface area contributed by atoms with Crippen LogP contribution in [0.3, 0.4) is 0 Å². The summed E-state index contributed by atoms with van der Waals surface area (Å²) in [6, 6.07) is 3.99. The molecule has 0 bridgehead atoms. The van der Waals surface area contributed by atoms with Crippen molar-refractivity contribution in [2.24, 2.45) is 0 Å². The van der Waals surface area contributed by atoms with Crippen molar-refractivity contribution in [1.82, 2.24) is 29.8 Å². The van der Waals surface area contributed by atoms with E-state index in [2.05, 4.69) is 15.1 Å². The van der Waals surface area contributed by atoms with Gasteiger partial charge in [-0.05, 0) is 64.3 Å². The molecule has 1 unspecified atom stereocenters. The molecule has 13 heteroatoms. The Morgan fingerprint density at radius 1 is 1.09 bits per heavy atom. The summed E-state index contributed by atoms with van der Waals surface area (Å²) in [6.45, 7) is 9.25. The van der Waals surface area contributed by atoms with Gasteiger partial charge in [0, 0.05) is 72.7 Å². The summed E-state index contributed by atoms with van der Waals surface area (Å²) < 4.78 is 57.8. The highest BCUT2D eigenvalue weighted by Crippen LogP contribution is 2.40. The largest absolute Gasteiger partial charge is 0.417 e. The second-order valence-electron chi connectivity index (χ2n) is 13.0. The number of aliphatic hydroxyl groups is 1. The van der Waals surface area contributed by atoms with Gasteiger partial charge in [0.2, 0.25) is 0 Å². The lowest BCUT2D eigenvalue weighted by Crippen LogP contribution is -2.46. The van der Waals surface area contributed by atoms with E-state index in [0.29, 0.717) is 69.0 Å². The van der Waals surface area contributed by atoms with Gasteiger partial charge in [0.05, 0.1) is 30.5 Å². The Hall–Kier alpha value is -2.35. The maximum absolute atomic E-state index is 14.1. The first-order valence-corrected chi connectivity index (χ1v) is 17.8. The molecule has 0 saturated carbocycles. The van der Waals surface area contributed by atoms with Gasteiger partial charge in [0.25, 0.3) is 0 Å². The fourth-order valence-corrected chi connectivity index (χ4v) is 7.70. The predicted molar refractivity (Wildman–Crippen MR) is 173 cm³/mol. The lowest BCUT2D eigenvalue weighted by Gasteiger charge is -2.30. The summed E-state index contributed by atoms with van der Waals surface area (Å²) in [6.07, 6.45) is -0.284. The lowest BCUT2D eigenvalue weighted by atomic mass is 10.00. The summed E-state index contributed by atoms with van der Waals surface area (Å²) in [4.78, 5) is 19.3. The monoisotopic (exact) mass is 668 g/mol. The Balaban J connectivity index is 1.41.